The summed E-state index contributed by atoms with van der Waals surface area (Å²) in [5, 5.41) is 0. The molecule has 1 rings (SSSR count). The van der Waals surface area contributed by atoms with Gasteiger partial charge in [-0.05, 0) is 6.42 Å². The molecule has 0 aliphatic rings. The number of hydrogen-bond donors (Lipinski definition) is 0. The van der Waals surface area contributed by atoms with Crippen molar-refractivity contribution in [1.29, 1.82) is 0 Å². The van der Waals surface area contributed by atoms with Crippen LogP contribution in [0, 0.1) is 0 Å². The van der Waals surface area contributed by atoms with Crippen LogP contribution in [-0.4, -0.2) is 13.5 Å². The summed E-state index contributed by atoms with van der Waals surface area (Å²) >= 11 is 2.43. The third-order valence-corrected chi connectivity index (χ3v) is 2.33. The molecular formula is C9H13IN2. The number of nitrogens with zero attached hydrogens (tertiary/aromatic N) is 2. The molecule has 0 amide bonds. The fraction of sp³-hybridized carbons (Fsp3) is 0.444. The lowest BCUT2D eigenvalue weighted by Gasteiger charge is -2.03. The molecule has 0 saturated heterocycles. The van der Waals surface area contributed by atoms with E-state index in [9.17, 15) is 0 Å². The van der Waals surface area contributed by atoms with Gasteiger partial charge in [0.2, 0.25) is 0 Å². The average Bonchev–Trinajstić information content (AvgIpc) is 2.47. The number of aryl methyl sites for hydroxylation is 1. The third kappa shape index (κ3) is 2.62. The number of hydrogen-bond acceptors (Lipinski definition) is 1. The minimum atomic E-state index is 0.706. The lowest BCUT2D eigenvalue weighted by molar-refractivity contribution is 0.774. The predicted molar refractivity (Wildman–Crippen MR) is 60.4 cm³/mol. The second-order valence-corrected chi connectivity index (χ2v) is 4.88. The van der Waals surface area contributed by atoms with Gasteiger partial charge in [-0.2, -0.15) is 0 Å². The molecule has 0 radical (unpaired) electrons. The van der Waals surface area contributed by atoms with Crippen molar-refractivity contribution in [1.82, 2.24) is 9.55 Å². The van der Waals surface area contributed by atoms with Gasteiger partial charge >= 0.3 is 0 Å². The second kappa shape index (κ2) is 4.64. The Kier molecular flexibility index (Phi) is 3.78. The van der Waals surface area contributed by atoms with Gasteiger partial charge < -0.3 is 4.57 Å². The Morgan fingerprint density at radius 3 is 3.17 bits per heavy atom. The van der Waals surface area contributed by atoms with Crippen LogP contribution in [0.3, 0.4) is 0 Å². The van der Waals surface area contributed by atoms with Gasteiger partial charge in [0.25, 0.3) is 0 Å². The topological polar surface area (TPSA) is 17.8 Å². The maximum absolute atomic E-state index is 4.25. The largest absolute Gasteiger partial charge is 0.311 e. The zero-order valence-electron chi connectivity index (χ0n) is 7.20. The number of halogens is 1. The number of imidazole rings is 1. The van der Waals surface area contributed by atoms with E-state index in [4.69, 9.17) is 0 Å². The highest BCUT2D eigenvalue weighted by Gasteiger charge is 2.01. The van der Waals surface area contributed by atoms with Crippen molar-refractivity contribution in [3.8, 4) is 0 Å². The summed E-state index contributed by atoms with van der Waals surface area (Å²) in [4.78, 5) is 4.25. The van der Waals surface area contributed by atoms with Crippen molar-refractivity contribution in [3.05, 3.63) is 24.8 Å². The molecule has 0 saturated carbocycles. The van der Waals surface area contributed by atoms with Crippen LogP contribution in [-0.2, 0) is 6.42 Å². The summed E-state index contributed by atoms with van der Waals surface area (Å²) in [6.45, 7) is 5.92. The molecule has 66 valence electrons. The van der Waals surface area contributed by atoms with E-state index >= 15 is 0 Å². The molecule has 0 N–H and O–H groups in total. The minimum Gasteiger partial charge on any atom is -0.311 e. The molecule has 0 aromatic carbocycles. The lowest BCUT2D eigenvalue weighted by Crippen LogP contribution is -1.99. The fourth-order valence-corrected chi connectivity index (χ4v) is 1.34. The van der Waals surface area contributed by atoms with Crippen LogP contribution >= 0.6 is 22.6 Å². The Balaban J connectivity index is 2.56. The molecule has 0 bridgehead atoms. The van der Waals surface area contributed by atoms with Crippen molar-refractivity contribution in [2.75, 3.05) is 0 Å². The van der Waals surface area contributed by atoms with Crippen molar-refractivity contribution in [3.63, 3.8) is 0 Å². The van der Waals surface area contributed by atoms with Crippen LogP contribution in [0.15, 0.2) is 19.0 Å². The molecule has 0 fully saturated rings. The van der Waals surface area contributed by atoms with Gasteiger partial charge in [-0.1, -0.05) is 36.1 Å². The Morgan fingerprint density at radius 2 is 2.58 bits per heavy atom. The van der Waals surface area contributed by atoms with Gasteiger partial charge in [-0.25, -0.2) is 4.98 Å². The van der Waals surface area contributed by atoms with Gasteiger partial charge in [0.1, 0.15) is 5.82 Å². The second-order valence-electron chi connectivity index (χ2n) is 2.75. The molecule has 12 heavy (non-hydrogen) atoms. The standard InChI is InChI=1S/C9H13IN2/c1-3-12-7-6-11-9(12)5-4-8(2)10/h3,6-8H,1,4-5H2,2H3. The molecule has 0 spiro atoms. The zero-order valence-corrected chi connectivity index (χ0v) is 9.36. The van der Waals surface area contributed by atoms with E-state index in [1.54, 1.807) is 6.20 Å². The summed E-state index contributed by atoms with van der Waals surface area (Å²) in [6, 6.07) is 0. The van der Waals surface area contributed by atoms with E-state index in [0.717, 1.165) is 12.2 Å². The number of rotatable bonds is 4. The maximum Gasteiger partial charge on any atom is 0.112 e. The van der Waals surface area contributed by atoms with E-state index in [1.165, 1.54) is 6.42 Å². The quantitative estimate of drug-likeness (QED) is 0.610. The van der Waals surface area contributed by atoms with Gasteiger partial charge in [0.15, 0.2) is 0 Å². The van der Waals surface area contributed by atoms with E-state index in [0.29, 0.717) is 3.92 Å². The normalized spacial score (nSPS) is 12.8. The Morgan fingerprint density at radius 1 is 1.83 bits per heavy atom. The van der Waals surface area contributed by atoms with Gasteiger partial charge in [0, 0.05) is 28.9 Å². The third-order valence-electron chi connectivity index (χ3n) is 1.71. The predicted octanol–water partition coefficient (Wildman–Crippen LogP) is 2.74. The van der Waals surface area contributed by atoms with Crippen molar-refractivity contribution in [2.45, 2.75) is 23.7 Å². The first kappa shape index (κ1) is 9.77. The van der Waals surface area contributed by atoms with Crippen LogP contribution in [0.2, 0.25) is 0 Å². The van der Waals surface area contributed by atoms with Crippen LogP contribution in [0.25, 0.3) is 6.20 Å². The molecule has 1 aromatic rings. The van der Waals surface area contributed by atoms with E-state index in [-0.39, 0.29) is 0 Å². The van der Waals surface area contributed by atoms with Crippen molar-refractivity contribution in [2.24, 2.45) is 0 Å². The van der Waals surface area contributed by atoms with Crippen LogP contribution in [0.4, 0.5) is 0 Å². The first-order chi connectivity index (χ1) is 5.74. The van der Waals surface area contributed by atoms with Crippen molar-refractivity contribution >= 4 is 28.8 Å². The number of aromatic nitrogens is 2. The van der Waals surface area contributed by atoms with Gasteiger partial charge in [-0.15, -0.1) is 0 Å². The molecule has 1 unspecified atom stereocenters. The molecule has 1 heterocycles. The van der Waals surface area contributed by atoms with E-state index < -0.39 is 0 Å². The monoisotopic (exact) mass is 276 g/mol. The highest BCUT2D eigenvalue weighted by atomic mass is 127. The number of alkyl halides is 1. The minimum absolute atomic E-state index is 0.706. The summed E-state index contributed by atoms with van der Waals surface area (Å²) in [6.07, 6.45) is 7.74. The molecule has 3 heteroatoms. The summed E-state index contributed by atoms with van der Waals surface area (Å²) in [5.41, 5.74) is 0. The van der Waals surface area contributed by atoms with E-state index in [1.807, 2.05) is 17.0 Å². The smallest absolute Gasteiger partial charge is 0.112 e. The molecule has 1 atom stereocenters. The molecule has 2 nitrogen and oxygen atoms in total. The van der Waals surface area contributed by atoms with Gasteiger partial charge in [0.05, 0.1) is 0 Å². The summed E-state index contributed by atoms with van der Waals surface area (Å²) < 4.78 is 2.68. The fourth-order valence-electron chi connectivity index (χ4n) is 1.03. The summed E-state index contributed by atoms with van der Waals surface area (Å²) in [7, 11) is 0. The lowest BCUT2D eigenvalue weighted by atomic mass is 10.2. The zero-order chi connectivity index (χ0) is 8.97. The van der Waals surface area contributed by atoms with Crippen LogP contribution < -0.4 is 0 Å². The summed E-state index contributed by atoms with van der Waals surface area (Å²) in [5.74, 6) is 1.11. The highest BCUT2D eigenvalue weighted by molar-refractivity contribution is 14.1. The van der Waals surface area contributed by atoms with Crippen LogP contribution in [0.1, 0.15) is 19.2 Å². The Labute approximate surface area is 86.8 Å². The molecule has 1 aromatic heterocycles. The van der Waals surface area contributed by atoms with Crippen LogP contribution in [0.5, 0.6) is 0 Å². The molecule has 0 aliphatic heterocycles. The van der Waals surface area contributed by atoms with E-state index in [2.05, 4.69) is 41.1 Å². The maximum atomic E-state index is 4.25. The van der Waals surface area contributed by atoms with Crippen molar-refractivity contribution < 1.29 is 0 Å². The Bertz CT molecular complexity index is 253. The highest BCUT2D eigenvalue weighted by Crippen LogP contribution is 2.09. The SMILES string of the molecule is C=Cn1ccnc1CCC(C)I. The molecular weight excluding hydrogens is 263 g/mol. The first-order valence-corrected chi connectivity index (χ1v) is 5.27. The Hall–Kier alpha value is -0.320. The molecule has 0 aliphatic carbocycles. The average molecular weight is 276 g/mol. The first-order valence-electron chi connectivity index (χ1n) is 4.02. The van der Waals surface area contributed by atoms with Gasteiger partial charge in [-0.3, -0.25) is 0 Å².